The van der Waals surface area contributed by atoms with Gasteiger partial charge in [0.1, 0.15) is 6.61 Å². The first-order valence-electron chi connectivity index (χ1n) is 11.7. The number of carbonyl (C=O) groups excluding carboxylic acids is 2. The first kappa shape index (κ1) is 23.8. The second-order valence-electron chi connectivity index (χ2n) is 9.10. The monoisotopic (exact) mass is 466 g/mol. The summed E-state index contributed by atoms with van der Waals surface area (Å²) in [5, 5.41) is 24.1. The first-order chi connectivity index (χ1) is 16.3. The van der Waals surface area contributed by atoms with Crippen molar-refractivity contribution in [2.75, 3.05) is 6.61 Å². The summed E-state index contributed by atoms with van der Waals surface area (Å²) in [4.78, 5) is 36.4. The van der Waals surface area contributed by atoms with Gasteiger partial charge < -0.3 is 25.6 Å². The summed E-state index contributed by atoms with van der Waals surface area (Å²) >= 11 is 0. The third-order valence-electron chi connectivity index (χ3n) is 6.76. The fraction of sp³-hybridized carbons (Fsp3) is 0.423. The number of rotatable bonds is 7. The molecule has 2 aliphatic rings. The quantitative estimate of drug-likeness (QED) is 0.497. The normalized spacial score (nSPS) is 21.0. The van der Waals surface area contributed by atoms with Crippen molar-refractivity contribution < 1.29 is 29.3 Å². The Labute approximate surface area is 198 Å². The van der Waals surface area contributed by atoms with Crippen molar-refractivity contribution >= 4 is 18.0 Å². The van der Waals surface area contributed by atoms with E-state index in [0.717, 1.165) is 28.7 Å². The zero-order valence-corrected chi connectivity index (χ0v) is 19.1. The first-order valence-corrected chi connectivity index (χ1v) is 11.7. The van der Waals surface area contributed by atoms with Gasteiger partial charge in [0.2, 0.25) is 5.91 Å². The topological polar surface area (TPSA) is 125 Å². The average molecular weight is 467 g/mol. The Morgan fingerprint density at radius 2 is 1.65 bits per heavy atom. The van der Waals surface area contributed by atoms with Gasteiger partial charge >= 0.3 is 12.1 Å². The zero-order chi connectivity index (χ0) is 24.2. The van der Waals surface area contributed by atoms with Crippen LogP contribution in [0.15, 0.2) is 48.5 Å². The van der Waals surface area contributed by atoms with Gasteiger partial charge in [0.15, 0.2) is 6.04 Å². The molecule has 4 N–H and O–H groups in total. The van der Waals surface area contributed by atoms with Crippen LogP contribution in [-0.2, 0) is 14.3 Å². The molecular weight excluding hydrogens is 436 g/mol. The van der Waals surface area contributed by atoms with Crippen molar-refractivity contribution in [3.8, 4) is 11.1 Å². The number of carboxylic acids is 1. The lowest BCUT2D eigenvalue weighted by Gasteiger charge is -2.30. The zero-order valence-electron chi connectivity index (χ0n) is 19.1. The van der Waals surface area contributed by atoms with Crippen molar-refractivity contribution in [2.24, 2.45) is 5.92 Å². The van der Waals surface area contributed by atoms with Gasteiger partial charge in [-0.1, -0.05) is 55.0 Å². The molecule has 1 fully saturated rings. The molecule has 0 aliphatic heterocycles. The third-order valence-corrected chi connectivity index (χ3v) is 6.76. The largest absolute Gasteiger partial charge is 0.480 e. The summed E-state index contributed by atoms with van der Waals surface area (Å²) in [5.41, 5.74) is 4.59. The Hall–Kier alpha value is -3.39. The van der Waals surface area contributed by atoms with Gasteiger partial charge in [-0.05, 0) is 48.4 Å². The molecule has 0 radical (unpaired) electrons. The van der Waals surface area contributed by atoms with Gasteiger partial charge in [-0.25, -0.2) is 9.59 Å². The molecule has 1 saturated carbocycles. The standard InChI is InChI=1S/C26H30N2O6/c1-15(29)23(25(31)32)28-24(30)16-7-6-8-17(13-16)27-26(33)34-14-22-20-11-4-2-9-18(20)19-10-3-5-12-21(19)22/h2-5,9-12,15-17,22-23,29H,6-8,13-14H2,1H3,(H,27,33)(H,28,30)(H,31,32)/t15?,16-,17-,23?/m1/s1. The second-order valence-corrected chi connectivity index (χ2v) is 9.10. The molecule has 180 valence electrons. The molecule has 0 spiro atoms. The van der Waals surface area contributed by atoms with Crippen LogP contribution in [0.2, 0.25) is 0 Å². The number of aliphatic hydroxyl groups is 1. The molecule has 2 unspecified atom stereocenters. The van der Waals surface area contributed by atoms with E-state index >= 15 is 0 Å². The van der Waals surface area contributed by atoms with Crippen molar-refractivity contribution in [3.05, 3.63) is 59.7 Å². The van der Waals surface area contributed by atoms with E-state index in [1.54, 1.807) is 0 Å². The predicted octanol–water partition coefficient (Wildman–Crippen LogP) is 3.03. The summed E-state index contributed by atoms with van der Waals surface area (Å²) in [6, 6.07) is 14.6. The number of alkyl carbamates (subject to hydrolysis) is 1. The minimum atomic E-state index is -1.36. The summed E-state index contributed by atoms with van der Waals surface area (Å²) in [5.74, 6) is -2.18. The van der Waals surface area contributed by atoms with Crippen molar-refractivity contribution in [1.82, 2.24) is 10.6 Å². The minimum Gasteiger partial charge on any atom is -0.480 e. The molecule has 34 heavy (non-hydrogen) atoms. The highest BCUT2D eigenvalue weighted by molar-refractivity contribution is 5.85. The molecule has 0 heterocycles. The van der Waals surface area contributed by atoms with Crippen molar-refractivity contribution in [1.29, 1.82) is 0 Å². The number of aliphatic carboxylic acids is 1. The van der Waals surface area contributed by atoms with Crippen LogP contribution >= 0.6 is 0 Å². The van der Waals surface area contributed by atoms with Crippen LogP contribution in [0.4, 0.5) is 4.79 Å². The van der Waals surface area contributed by atoms with Crippen LogP contribution in [0.3, 0.4) is 0 Å². The summed E-state index contributed by atoms with van der Waals surface area (Å²) < 4.78 is 5.60. The van der Waals surface area contributed by atoms with Gasteiger partial charge in [0, 0.05) is 17.9 Å². The maximum Gasteiger partial charge on any atom is 0.407 e. The molecule has 2 amide bonds. The van der Waals surface area contributed by atoms with Crippen LogP contribution in [0.1, 0.15) is 49.7 Å². The van der Waals surface area contributed by atoms with Gasteiger partial charge in [-0.2, -0.15) is 0 Å². The lowest BCUT2D eigenvalue weighted by atomic mass is 9.85. The Bertz CT molecular complexity index is 1020. The van der Waals surface area contributed by atoms with E-state index in [1.807, 2.05) is 24.3 Å². The highest BCUT2D eigenvalue weighted by Crippen LogP contribution is 2.44. The molecule has 2 aromatic rings. The van der Waals surface area contributed by atoms with Crippen molar-refractivity contribution in [2.45, 2.75) is 56.7 Å². The summed E-state index contributed by atoms with van der Waals surface area (Å²) in [7, 11) is 0. The van der Waals surface area contributed by atoms with E-state index in [0.29, 0.717) is 19.3 Å². The minimum absolute atomic E-state index is 0.0311. The molecule has 2 aromatic carbocycles. The number of benzene rings is 2. The number of hydrogen-bond acceptors (Lipinski definition) is 5. The Balaban J connectivity index is 1.32. The number of nitrogens with one attached hydrogen (secondary N) is 2. The van der Waals surface area contributed by atoms with Crippen LogP contribution < -0.4 is 10.6 Å². The molecule has 4 rings (SSSR count). The Kier molecular flexibility index (Phi) is 7.17. The fourth-order valence-electron chi connectivity index (χ4n) is 5.03. The van der Waals surface area contributed by atoms with E-state index in [4.69, 9.17) is 4.74 Å². The van der Waals surface area contributed by atoms with Gasteiger partial charge in [0.25, 0.3) is 0 Å². The van der Waals surface area contributed by atoms with Crippen LogP contribution in [-0.4, -0.2) is 53.0 Å². The number of carboxylic acid groups (broad SMARTS) is 1. The maximum atomic E-state index is 12.6. The lowest BCUT2D eigenvalue weighted by Crippen LogP contribution is -2.51. The van der Waals surface area contributed by atoms with Crippen LogP contribution in [0, 0.1) is 5.92 Å². The lowest BCUT2D eigenvalue weighted by molar-refractivity contribution is -0.145. The molecule has 8 nitrogen and oxygen atoms in total. The predicted molar refractivity (Wildman–Crippen MR) is 125 cm³/mol. The number of aliphatic hydroxyl groups excluding tert-OH is 1. The van der Waals surface area contributed by atoms with Gasteiger partial charge in [-0.15, -0.1) is 0 Å². The fourth-order valence-corrected chi connectivity index (χ4v) is 5.03. The third kappa shape index (κ3) is 5.07. The number of hydrogen-bond donors (Lipinski definition) is 4. The molecule has 0 bridgehead atoms. The Morgan fingerprint density at radius 3 is 2.24 bits per heavy atom. The maximum absolute atomic E-state index is 12.6. The molecule has 2 aliphatic carbocycles. The van der Waals surface area contributed by atoms with E-state index in [2.05, 4.69) is 34.9 Å². The average Bonchev–Trinajstić information content (AvgIpc) is 3.14. The van der Waals surface area contributed by atoms with Crippen LogP contribution in [0.5, 0.6) is 0 Å². The SMILES string of the molecule is CC(O)C(NC(=O)[C@@H]1CCC[C@@H](NC(=O)OCC2c3ccccc3-c3ccccc32)C1)C(=O)O. The van der Waals surface area contributed by atoms with E-state index in [-0.39, 0.29) is 18.6 Å². The number of ether oxygens (including phenoxy) is 1. The highest BCUT2D eigenvalue weighted by atomic mass is 16.5. The number of fused-ring (bicyclic) bond motifs is 3. The molecule has 0 aromatic heterocycles. The molecule has 4 atom stereocenters. The summed E-state index contributed by atoms with van der Waals surface area (Å²) in [6.45, 7) is 1.53. The molecule has 0 saturated heterocycles. The van der Waals surface area contributed by atoms with E-state index < -0.39 is 36.0 Å². The second kappa shape index (κ2) is 10.3. The van der Waals surface area contributed by atoms with Gasteiger partial charge in [-0.3, -0.25) is 4.79 Å². The molecule has 8 heteroatoms. The van der Waals surface area contributed by atoms with Crippen molar-refractivity contribution in [3.63, 3.8) is 0 Å². The van der Waals surface area contributed by atoms with Crippen LogP contribution in [0.25, 0.3) is 11.1 Å². The number of amides is 2. The Morgan fingerprint density at radius 1 is 1.03 bits per heavy atom. The summed E-state index contributed by atoms with van der Waals surface area (Å²) in [6.07, 6.45) is 0.689. The van der Waals surface area contributed by atoms with Gasteiger partial charge in [0.05, 0.1) is 6.10 Å². The smallest absolute Gasteiger partial charge is 0.407 e. The van der Waals surface area contributed by atoms with E-state index in [1.165, 1.54) is 6.92 Å². The van der Waals surface area contributed by atoms with E-state index in [9.17, 15) is 24.6 Å². The highest BCUT2D eigenvalue weighted by Gasteiger charge is 2.33. The molecular formula is C26H30N2O6. The number of carbonyl (C=O) groups is 3.